The Hall–Kier alpha value is -1.14. The third-order valence-electron chi connectivity index (χ3n) is 3.18. The molecule has 0 radical (unpaired) electrons. The van der Waals surface area contributed by atoms with Crippen LogP contribution in [0.3, 0.4) is 0 Å². The lowest BCUT2D eigenvalue weighted by Gasteiger charge is -2.27. The summed E-state index contributed by atoms with van der Waals surface area (Å²) in [6, 6.07) is -0.453. The predicted molar refractivity (Wildman–Crippen MR) is 70.2 cm³/mol. The molecule has 6 heteroatoms. The average molecular weight is 256 g/mol. The van der Waals surface area contributed by atoms with Crippen LogP contribution in [0.4, 0.5) is 0 Å². The molecule has 1 aliphatic rings. The summed E-state index contributed by atoms with van der Waals surface area (Å²) in [5.74, 6) is -0.131. The van der Waals surface area contributed by atoms with Gasteiger partial charge in [-0.1, -0.05) is 0 Å². The van der Waals surface area contributed by atoms with Gasteiger partial charge in [0.05, 0.1) is 6.54 Å². The molecule has 0 aromatic rings. The molecular weight excluding hydrogens is 232 g/mol. The highest BCUT2D eigenvalue weighted by atomic mass is 16.2. The van der Waals surface area contributed by atoms with E-state index < -0.39 is 6.04 Å². The van der Waals surface area contributed by atoms with Gasteiger partial charge in [-0.05, 0) is 13.8 Å². The highest BCUT2D eigenvalue weighted by Gasteiger charge is 2.20. The first-order valence-electron chi connectivity index (χ1n) is 6.52. The zero-order valence-electron chi connectivity index (χ0n) is 11.5. The molecule has 1 fully saturated rings. The number of rotatable bonds is 5. The van der Waals surface area contributed by atoms with Crippen molar-refractivity contribution in [3.8, 4) is 0 Å². The van der Waals surface area contributed by atoms with Gasteiger partial charge >= 0.3 is 0 Å². The van der Waals surface area contributed by atoms with E-state index in [2.05, 4.69) is 15.5 Å². The van der Waals surface area contributed by atoms with Crippen LogP contribution in [0.1, 0.15) is 13.8 Å². The van der Waals surface area contributed by atoms with Crippen molar-refractivity contribution >= 4 is 11.8 Å². The van der Waals surface area contributed by atoms with Crippen molar-refractivity contribution in [2.45, 2.75) is 19.9 Å². The van der Waals surface area contributed by atoms with E-state index >= 15 is 0 Å². The summed E-state index contributed by atoms with van der Waals surface area (Å²) < 4.78 is 0. The van der Waals surface area contributed by atoms with Crippen molar-refractivity contribution in [2.24, 2.45) is 0 Å². The Morgan fingerprint density at radius 1 is 1.39 bits per heavy atom. The molecule has 2 amide bonds. The fourth-order valence-electron chi connectivity index (χ4n) is 1.91. The fraction of sp³-hybridized carbons (Fsp3) is 0.833. The molecule has 1 heterocycles. The minimum absolute atomic E-state index is 0.0499. The van der Waals surface area contributed by atoms with Gasteiger partial charge in [0.1, 0.15) is 6.04 Å². The molecule has 1 aliphatic heterocycles. The Balaban J connectivity index is 2.32. The lowest BCUT2D eigenvalue weighted by Crippen LogP contribution is -2.51. The number of nitrogens with one attached hydrogen (secondary N) is 2. The van der Waals surface area contributed by atoms with Crippen molar-refractivity contribution in [2.75, 3.05) is 46.3 Å². The minimum Gasteiger partial charge on any atom is -0.344 e. The van der Waals surface area contributed by atoms with Gasteiger partial charge < -0.3 is 15.5 Å². The van der Waals surface area contributed by atoms with Gasteiger partial charge in [0.2, 0.25) is 11.8 Å². The molecule has 0 spiro atoms. The third-order valence-corrected chi connectivity index (χ3v) is 3.18. The summed E-state index contributed by atoms with van der Waals surface area (Å²) in [5.41, 5.74) is 0. The van der Waals surface area contributed by atoms with Gasteiger partial charge in [0.25, 0.3) is 0 Å². The molecule has 18 heavy (non-hydrogen) atoms. The molecule has 1 rings (SSSR count). The van der Waals surface area contributed by atoms with Crippen molar-refractivity contribution in [1.29, 1.82) is 0 Å². The van der Waals surface area contributed by atoms with Crippen molar-refractivity contribution in [3.63, 3.8) is 0 Å². The van der Waals surface area contributed by atoms with Gasteiger partial charge in [-0.3, -0.25) is 14.5 Å². The number of hydrogen-bond acceptors (Lipinski definition) is 4. The zero-order chi connectivity index (χ0) is 13.5. The quantitative estimate of drug-likeness (QED) is 0.654. The topological polar surface area (TPSA) is 64.7 Å². The second kappa shape index (κ2) is 7.33. The molecule has 1 saturated heterocycles. The lowest BCUT2D eigenvalue weighted by atomic mass is 10.2. The third kappa shape index (κ3) is 4.62. The first kappa shape index (κ1) is 14.9. The molecule has 1 unspecified atom stereocenters. The van der Waals surface area contributed by atoms with E-state index in [9.17, 15) is 9.59 Å². The Morgan fingerprint density at radius 2 is 2.00 bits per heavy atom. The minimum atomic E-state index is -0.453. The van der Waals surface area contributed by atoms with Crippen LogP contribution >= 0.6 is 0 Å². The molecule has 0 aromatic carbocycles. The maximum atomic E-state index is 11.8. The number of hydrogen-bond donors (Lipinski definition) is 2. The van der Waals surface area contributed by atoms with Crippen molar-refractivity contribution in [1.82, 2.24) is 20.4 Å². The summed E-state index contributed by atoms with van der Waals surface area (Å²) in [4.78, 5) is 27.3. The molecule has 104 valence electrons. The maximum absolute atomic E-state index is 11.8. The first-order valence-corrected chi connectivity index (χ1v) is 6.52. The van der Waals surface area contributed by atoms with Crippen LogP contribution in [0.15, 0.2) is 0 Å². The monoisotopic (exact) mass is 256 g/mol. The molecule has 1 atom stereocenters. The van der Waals surface area contributed by atoms with Crippen LogP contribution in [-0.2, 0) is 9.59 Å². The Bertz CT molecular complexity index is 290. The average Bonchev–Trinajstić information content (AvgIpc) is 2.37. The van der Waals surface area contributed by atoms with Gasteiger partial charge in [0.15, 0.2) is 0 Å². The van der Waals surface area contributed by atoms with Crippen LogP contribution in [0.5, 0.6) is 0 Å². The molecule has 0 saturated carbocycles. The molecular formula is C12H24N4O2. The van der Waals surface area contributed by atoms with E-state index in [1.807, 2.05) is 6.92 Å². The van der Waals surface area contributed by atoms with Crippen LogP contribution in [0.25, 0.3) is 0 Å². The maximum Gasteiger partial charge on any atom is 0.244 e. The Kier molecular flexibility index (Phi) is 6.07. The normalized spacial score (nSPS) is 18.2. The zero-order valence-corrected chi connectivity index (χ0v) is 11.5. The second-order valence-corrected chi connectivity index (χ2v) is 4.67. The van der Waals surface area contributed by atoms with Gasteiger partial charge in [-0.15, -0.1) is 0 Å². The van der Waals surface area contributed by atoms with Gasteiger partial charge in [-0.2, -0.15) is 0 Å². The molecule has 2 N–H and O–H groups in total. The second-order valence-electron chi connectivity index (χ2n) is 4.67. The smallest absolute Gasteiger partial charge is 0.244 e. The fourth-order valence-corrected chi connectivity index (χ4v) is 1.91. The Morgan fingerprint density at radius 3 is 2.56 bits per heavy atom. The summed E-state index contributed by atoms with van der Waals surface area (Å²) >= 11 is 0. The number of nitrogens with zero attached hydrogens (tertiary/aromatic N) is 2. The molecule has 0 aliphatic carbocycles. The summed E-state index contributed by atoms with van der Waals surface area (Å²) in [6.07, 6.45) is 0. The Labute approximate surface area is 109 Å². The summed E-state index contributed by atoms with van der Waals surface area (Å²) in [5, 5.41) is 5.99. The van der Waals surface area contributed by atoms with Crippen LogP contribution < -0.4 is 10.6 Å². The number of likely N-dealkylation sites (N-methyl/N-ethyl adjacent to an activating group) is 1. The number of amides is 2. The van der Waals surface area contributed by atoms with Crippen molar-refractivity contribution in [3.05, 3.63) is 0 Å². The molecule has 0 aromatic heterocycles. The number of piperazine rings is 1. The van der Waals surface area contributed by atoms with E-state index in [0.717, 1.165) is 26.2 Å². The van der Waals surface area contributed by atoms with Crippen LogP contribution in [0, 0.1) is 0 Å². The SMILES string of the molecule is CCN(C)C(=O)C(C)NC(=O)CN1CCNCC1. The molecule has 0 bridgehead atoms. The standard InChI is InChI=1S/C12H24N4O2/c1-4-15(3)12(18)10(2)14-11(17)9-16-7-5-13-6-8-16/h10,13H,4-9H2,1-3H3,(H,14,17). The summed E-state index contributed by atoms with van der Waals surface area (Å²) in [6.45, 7) is 8.25. The van der Waals surface area contributed by atoms with E-state index in [1.165, 1.54) is 0 Å². The van der Waals surface area contributed by atoms with E-state index in [0.29, 0.717) is 13.1 Å². The first-order chi connectivity index (χ1) is 8.54. The van der Waals surface area contributed by atoms with E-state index in [1.54, 1.807) is 18.9 Å². The highest BCUT2D eigenvalue weighted by molar-refractivity contribution is 5.87. The summed E-state index contributed by atoms with van der Waals surface area (Å²) in [7, 11) is 1.74. The van der Waals surface area contributed by atoms with Crippen LogP contribution in [0.2, 0.25) is 0 Å². The van der Waals surface area contributed by atoms with Crippen molar-refractivity contribution < 1.29 is 9.59 Å². The van der Waals surface area contributed by atoms with Gasteiger partial charge in [-0.25, -0.2) is 0 Å². The van der Waals surface area contributed by atoms with E-state index in [4.69, 9.17) is 0 Å². The van der Waals surface area contributed by atoms with Gasteiger partial charge in [0, 0.05) is 39.8 Å². The lowest BCUT2D eigenvalue weighted by molar-refractivity contribution is -0.135. The molecule has 6 nitrogen and oxygen atoms in total. The van der Waals surface area contributed by atoms with E-state index in [-0.39, 0.29) is 11.8 Å². The predicted octanol–water partition coefficient (Wildman–Crippen LogP) is -1.13. The largest absolute Gasteiger partial charge is 0.344 e. The number of carbonyl (C=O) groups excluding carboxylic acids is 2. The highest BCUT2D eigenvalue weighted by Crippen LogP contribution is 1.94. The van der Waals surface area contributed by atoms with Crippen LogP contribution in [-0.4, -0.2) is 74.0 Å². The number of carbonyl (C=O) groups is 2.